The van der Waals surface area contributed by atoms with Crippen LogP contribution in [-0.4, -0.2) is 41.3 Å². The fourth-order valence-electron chi connectivity index (χ4n) is 3.38. The molecule has 0 radical (unpaired) electrons. The van der Waals surface area contributed by atoms with Crippen LogP contribution in [0.5, 0.6) is 0 Å². The summed E-state index contributed by atoms with van der Waals surface area (Å²) in [4.78, 5) is 30.4. The number of alkyl halides is 3. The van der Waals surface area contributed by atoms with E-state index in [1.165, 1.54) is 54.5 Å². The van der Waals surface area contributed by atoms with E-state index in [-0.39, 0.29) is 27.1 Å². The maximum atomic E-state index is 14.0. The summed E-state index contributed by atoms with van der Waals surface area (Å²) in [6, 6.07) is 3.72. The van der Waals surface area contributed by atoms with Crippen molar-refractivity contribution in [3.8, 4) is 5.95 Å². The second-order valence-corrected chi connectivity index (χ2v) is 7.81. The van der Waals surface area contributed by atoms with Crippen LogP contribution < -0.4 is 10.6 Å². The summed E-state index contributed by atoms with van der Waals surface area (Å²) in [6.45, 7) is 1.71. The number of hydrogen-bond acceptors (Lipinski definition) is 7. The van der Waals surface area contributed by atoms with Gasteiger partial charge in [0.2, 0.25) is 0 Å². The van der Waals surface area contributed by atoms with Crippen molar-refractivity contribution in [2.45, 2.75) is 19.1 Å². The fourth-order valence-corrected chi connectivity index (χ4v) is 3.93. The van der Waals surface area contributed by atoms with Crippen molar-refractivity contribution < 1.29 is 13.2 Å². The number of benzene rings is 1. The fraction of sp³-hybridized carbons (Fsp3) is 0.263. The third-order valence-corrected chi connectivity index (χ3v) is 5.75. The van der Waals surface area contributed by atoms with Crippen LogP contribution in [0, 0.1) is 0 Å². The van der Waals surface area contributed by atoms with Crippen LogP contribution in [0.1, 0.15) is 24.4 Å². The molecule has 1 atom stereocenters. The summed E-state index contributed by atoms with van der Waals surface area (Å²) in [5.41, 5.74) is -1.50. The van der Waals surface area contributed by atoms with Gasteiger partial charge in [-0.1, -0.05) is 15.9 Å². The van der Waals surface area contributed by atoms with Gasteiger partial charge in [-0.2, -0.15) is 27.9 Å². The zero-order valence-electron chi connectivity index (χ0n) is 17.0. The van der Waals surface area contributed by atoms with Gasteiger partial charge in [0.15, 0.2) is 5.82 Å². The summed E-state index contributed by atoms with van der Waals surface area (Å²) >= 11 is 3.00. The van der Waals surface area contributed by atoms with Crippen molar-refractivity contribution in [1.82, 2.24) is 34.3 Å². The van der Waals surface area contributed by atoms with Crippen molar-refractivity contribution in [1.29, 1.82) is 0 Å². The van der Waals surface area contributed by atoms with E-state index in [0.29, 0.717) is 5.82 Å². The molecule has 0 aliphatic carbocycles. The zero-order chi connectivity index (χ0) is 23.2. The molecule has 1 aromatic carbocycles. The lowest BCUT2D eigenvalue weighted by atomic mass is 10.1. The second kappa shape index (κ2) is 7.97. The maximum absolute atomic E-state index is 14.0. The first-order chi connectivity index (χ1) is 15.1. The molecule has 9 nitrogen and oxygen atoms in total. The number of hydrogen-bond donors (Lipinski definition) is 0. The smallest absolute Gasteiger partial charge is 0.349 e. The number of rotatable bonds is 4. The topological polar surface area (TPSA) is 94.6 Å². The predicted octanol–water partition coefficient (Wildman–Crippen LogP) is 3.28. The Labute approximate surface area is 187 Å². The van der Waals surface area contributed by atoms with Crippen LogP contribution in [0.4, 0.5) is 19.0 Å². The number of halogens is 4. The van der Waals surface area contributed by atoms with Gasteiger partial charge >= 0.3 is 11.9 Å². The first kappa shape index (κ1) is 21.9. The highest BCUT2D eigenvalue weighted by Gasteiger charge is 2.38. The van der Waals surface area contributed by atoms with Gasteiger partial charge in [-0.15, -0.1) is 0 Å². The summed E-state index contributed by atoms with van der Waals surface area (Å²) in [5.74, 6) is 0.478. The molecule has 0 bridgehead atoms. The van der Waals surface area contributed by atoms with Crippen LogP contribution in [0.25, 0.3) is 16.9 Å². The third-order valence-electron chi connectivity index (χ3n) is 5.09. The molecule has 0 amide bonds. The normalized spacial score (nSPS) is 12.8. The highest BCUT2D eigenvalue weighted by atomic mass is 79.9. The third kappa shape index (κ3) is 3.61. The molecule has 0 aliphatic heterocycles. The lowest BCUT2D eigenvalue weighted by Crippen LogP contribution is -2.31. The molecule has 0 fully saturated rings. The summed E-state index contributed by atoms with van der Waals surface area (Å²) in [7, 11) is 2.92. The minimum atomic E-state index is -4.69. The van der Waals surface area contributed by atoms with E-state index >= 15 is 0 Å². The van der Waals surface area contributed by atoms with Crippen LogP contribution in [0.15, 0.2) is 46.2 Å². The molecule has 4 rings (SSSR count). The lowest BCUT2D eigenvalue weighted by Gasteiger charge is -2.28. The number of fused-ring (bicyclic) bond motifs is 1. The SMILES string of the molecule is CC(c1ncnn1-c1ncccn1)N(C)c1nc(=O)n(C)c2ccc(Br)c(C(F)(F)F)c12. The van der Waals surface area contributed by atoms with Crippen molar-refractivity contribution in [3.63, 3.8) is 0 Å². The number of aryl methyl sites for hydroxylation is 1. The molecule has 13 heteroatoms. The Bertz CT molecular complexity index is 1350. The van der Waals surface area contributed by atoms with Gasteiger partial charge in [0.25, 0.3) is 5.95 Å². The molecule has 32 heavy (non-hydrogen) atoms. The van der Waals surface area contributed by atoms with Gasteiger partial charge in [-0.3, -0.25) is 4.57 Å². The molecule has 0 N–H and O–H groups in total. The highest BCUT2D eigenvalue weighted by Crippen LogP contribution is 2.43. The summed E-state index contributed by atoms with van der Waals surface area (Å²) in [6.07, 6.45) is -0.325. The zero-order valence-corrected chi connectivity index (χ0v) is 18.6. The number of nitrogens with zero attached hydrogens (tertiary/aromatic N) is 8. The molecule has 0 saturated carbocycles. The van der Waals surface area contributed by atoms with Crippen LogP contribution in [0.3, 0.4) is 0 Å². The Morgan fingerprint density at radius 1 is 1.16 bits per heavy atom. The second-order valence-electron chi connectivity index (χ2n) is 6.96. The van der Waals surface area contributed by atoms with Gasteiger partial charge in [0.05, 0.1) is 22.5 Å². The average molecular weight is 509 g/mol. The highest BCUT2D eigenvalue weighted by molar-refractivity contribution is 9.10. The van der Waals surface area contributed by atoms with Crippen LogP contribution in [-0.2, 0) is 13.2 Å². The quantitative estimate of drug-likeness (QED) is 0.417. The van der Waals surface area contributed by atoms with Crippen LogP contribution >= 0.6 is 15.9 Å². The van der Waals surface area contributed by atoms with E-state index in [2.05, 4.69) is 41.0 Å². The summed E-state index contributed by atoms with van der Waals surface area (Å²) < 4.78 is 44.3. The minimum absolute atomic E-state index is 0.0995. The Hall–Kier alpha value is -3.35. The van der Waals surface area contributed by atoms with Crippen molar-refractivity contribution >= 4 is 32.7 Å². The predicted molar refractivity (Wildman–Crippen MR) is 113 cm³/mol. The minimum Gasteiger partial charge on any atom is -0.349 e. The van der Waals surface area contributed by atoms with Gasteiger partial charge in [-0.25, -0.2) is 19.7 Å². The van der Waals surface area contributed by atoms with E-state index in [9.17, 15) is 18.0 Å². The Morgan fingerprint density at radius 2 is 1.84 bits per heavy atom. The van der Waals surface area contributed by atoms with Gasteiger partial charge in [0, 0.05) is 31.0 Å². The molecule has 0 saturated heterocycles. The van der Waals surface area contributed by atoms with Gasteiger partial charge in [0.1, 0.15) is 12.1 Å². The summed E-state index contributed by atoms with van der Waals surface area (Å²) in [5, 5.41) is 3.93. The van der Waals surface area contributed by atoms with Crippen molar-refractivity contribution in [2.75, 3.05) is 11.9 Å². The monoisotopic (exact) mass is 508 g/mol. The lowest BCUT2D eigenvalue weighted by molar-refractivity contribution is -0.136. The van der Waals surface area contributed by atoms with E-state index in [0.717, 1.165) is 4.57 Å². The van der Waals surface area contributed by atoms with Crippen LogP contribution in [0.2, 0.25) is 0 Å². The van der Waals surface area contributed by atoms with Gasteiger partial charge in [-0.05, 0) is 25.1 Å². The van der Waals surface area contributed by atoms with Gasteiger partial charge < -0.3 is 4.90 Å². The molecular formula is C19H16BrF3N8O. The molecule has 3 aromatic heterocycles. The number of aromatic nitrogens is 7. The van der Waals surface area contributed by atoms with E-state index < -0.39 is 23.5 Å². The van der Waals surface area contributed by atoms with E-state index in [1.807, 2.05) is 0 Å². The molecular weight excluding hydrogens is 493 g/mol. The average Bonchev–Trinajstić information content (AvgIpc) is 3.24. The first-order valence-electron chi connectivity index (χ1n) is 9.27. The number of anilines is 1. The Balaban J connectivity index is 1.93. The van der Waals surface area contributed by atoms with Crippen molar-refractivity contribution in [2.24, 2.45) is 7.05 Å². The standard InChI is InChI=1S/C19H16BrF3N8O/c1-10(15-26-9-27-31(15)17-24-7-4-8-25-17)29(2)16-13-12(30(3)18(32)28-16)6-5-11(20)14(13)19(21,22)23/h4-10H,1-3H3. The molecule has 0 spiro atoms. The Kier molecular flexibility index (Phi) is 5.44. The molecule has 4 aromatic rings. The molecule has 1 unspecified atom stereocenters. The maximum Gasteiger partial charge on any atom is 0.418 e. The molecule has 3 heterocycles. The molecule has 166 valence electrons. The largest absolute Gasteiger partial charge is 0.418 e. The van der Waals surface area contributed by atoms with E-state index in [1.54, 1.807) is 13.0 Å². The molecule has 0 aliphatic rings. The first-order valence-corrected chi connectivity index (χ1v) is 10.1. The Morgan fingerprint density at radius 3 is 2.50 bits per heavy atom. The van der Waals surface area contributed by atoms with Crippen molar-refractivity contribution in [3.05, 3.63) is 63.3 Å². The van der Waals surface area contributed by atoms with E-state index in [4.69, 9.17) is 0 Å².